The van der Waals surface area contributed by atoms with Crippen LogP contribution in [0.15, 0.2) is 24.3 Å². The highest BCUT2D eigenvalue weighted by Gasteiger charge is 2.27. The van der Waals surface area contributed by atoms with E-state index >= 15 is 0 Å². The van der Waals surface area contributed by atoms with Crippen molar-refractivity contribution in [2.45, 2.75) is 12.7 Å². The number of alkyl halides is 3. The summed E-state index contributed by atoms with van der Waals surface area (Å²) in [5.74, 6) is -1.02. The van der Waals surface area contributed by atoms with E-state index in [0.717, 1.165) is 5.56 Å². The van der Waals surface area contributed by atoms with E-state index in [1.807, 2.05) is 0 Å². The summed E-state index contributed by atoms with van der Waals surface area (Å²) in [5, 5.41) is 11.6. The van der Waals surface area contributed by atoms with Gasteiger partial charge in [-0.05, 0) is 17.7 Å². The summed E-state index contributed by atoms with van der Waals surface area (Å²) >= 11 is 0. The zero-order chi connectivity index (χ0) is 14.3. The van der Waals surface area contributed by atoms with Crippen LogP contribution in [0.5, 0.6) is 0 Å². The molecule has 0 spiro atoms. The molecule has 0 bridgehead atoms. The lowest BCUT2D eigenvalue weighted by atomic mass is 10.1. The van der Waals surface area contributed by atoms with Crippen molar-refractivity contribution in [2.24, 2.45) is 0 Å². The standard InChI is InChI=1S/C12H14F3NO3/c13-12(14,15)8-19-5-4-16-7-9-2-1-3-10(6-9)11(17)18/h1-3,6,16H,4-5,7-8H2,(H,17,18). The molecule has 0 saturated carbocycles. The highest BCUT2D eigenvalue weighted by molar-refractivity contribution is 5.87. The second-order valence-corrected chi connectivity index (χ2v) is 3.85. The summed E-state index contributed by atoms with van der Waals surface area (Å²) in [6, 6.07) is 6.32. The number of carboxylic acid groups (broad SMARTS) is 1. The normalized spacial score (nSPS) is 11.5. The van der Waals surface area contributed by atoms with Crippen LogP contribution in [0.1, 0.15) is 15.9 Å². The molecule has 0 saturated heterocycles. The summed E-state index contributed by atoms with van der Waals surface area (Å²) in [7, 11) is 0. The molecule has 0 fully saturated rings. The molecule has 7 heteroatoms. The molecule has 0 aliphatic carbocycles. The largest absolute Gasteiger partial charge is 0.478 e. The van der Waals surface area contributed by atoms with E-state index in [1.165, 1.54) is 12.1 Å². The molecule has 0 aliphatic rings. The lowest BCUT2D eigenvalue weighted by molar-refractivity contribution is -0.173. The second-order valence-electron chi connectivity index (χ2n) is 3.85. The monoisotopic (exact) mass is 277 g/mol. The summed E-state index contributed by atoms with van der Waals surface area (Å²) in [5.41, 5.74) is 0.920. The lowest BCUT2D eigenvalue weighted by Gasteiger charge is -2.08. The smallest absolute Gasteiger partial charge is 0.411 e. The number of nitrogens with one attached hydrogen (secondary N) is 1. The van der Waals surface area contributed by atoms with Crippen molar-refractivity contribution in [1.82, 2.24) is 5.32 Å². The minimum Gasteiger partial charge on any atom is -0.478 e. The molecule has 0 amide bonds. The minimum absolute atomic E-state index is 0.0574. The maximum atomic E-state index is 11.7. The number of hydrogen-bond donors (Lipinski definition) is 2. The van der Waals surface area contributed by atoms with Gasteiger partial charge in [-0.25, -0.2) is 4.79 Å². The minimum atomic E-state index is -4.31. The van der Waals surface area contributed by atoms with E-state index < -0.39 is 18.8 Å². The molecule has 0 aliphatic heterocycles. The van der Waals surface area contributed by atoms with Gasteiger partial charge in [-0.15, -0.1) is 0 Å². The third-order valence-electron chi connectivity index (χ3n) is 2.19. The number of carbonyl (C=O) groups is 1. The fourth-order valence-electron chi connectivity index (χ4n) is 1.38. The molecule has 19 heavy (non-hydrogen) atoms. The molecule has 0 aromatic heterocycles. The lowest BCUT2D eigenvalue weighted by Crippen LogP contribution is -2.23. The van der Waals surface area contributed by atoms with Crippen LogP contribution in [0.2, 0.25) is 0 Å². The van der Waals surface area contributed by atoms with E-state index in [9.17, 15) is 18.0 Å². The quantitative estimate of drug-likeness (QED) is 0.749. The van der Waals surface area contributed by atoms with Gasteiger partial charge in [-0.3, -0.25) is 0 Å². The van der Waals surface area contributed by atoms with Gasteiger partial charge < -0.3 is 15.2 Å². The number of hydrogen-bond acceptors (Lipinski definition) is 3. The Hall–Kier alpha value is -1.60. The number of benzene rings is 1. The van der Waals surface area contributed by atoms with Gasteiger partial charge in [0.1, 0.15) is 6.61 Å². The number of carboxylic acids is 1. The van der Waals surface area contributed by atoms with Crippen molar-refractivity contribution in [3.8, 4) is 0 Å². The molecule has 106 valence electrons. The van der Waals surface area contributed by atoms with E-state index in [0.29, 0.717) is 6.54 Å². The Labute approximate surface area is 108 Å². The topological polar surface area (TPSA) is 58.6 Å². The number of halogens is 3. The van der Waals surface area contributed by atoms with Crippen LogP contribution in [-0.2, 0) is 11.3 Å². The van der Waals surface area contributed by atoms with Crippen LogP contribution in [0.4, 0.5) is 13.2 Å². The predicted octanol–water partition coefficient (Wildman–Crippen LogP) is 2.05. The Bertz CT molecular complexity index is 421. The molecular formula is C12H14F3NO3. The van der Waals surface area contributed by atoms with Crippen LogP contribution < -0.4 is 5.32 Å². The number of rotatable bonds is 7. The predicted molar refractivity (Wildman–Crippen MR) is 62.0 cm³/mol. The number of ether oxygens (including phenoxy) is 1. The third kappa shape index (κ3) is 6.78. The van der Waals surface area contributed by atoms with Gasteiger partial charge >= 0.3 is 12.1 Å². The maximum Gasteiger partial charge on any atom is 0.411 e. The molecule has 4 nitrogen and oxygen atoms in total. The Morgan fingerprint density at radius 3 is 2.74 bits per heavy atom. The van der Waals surface area contributed by atoms with Crippen LogP contribution in [0.3, 0.4) is 0 Å². The fraction of sp³-hybridized carbons (Fsp3) is 0.417. The van der Waals surface area contributed by atoms with Crippen molar-refractivity contribution < 1.29 is 27.8 Å². The summed E-state index contributed by atoms with van der Waals surface area (Å²) in [6.45, 7) is -0.689. The summed E-state index contributed by atoms with van der Waals surface area (Å²) in [6.07, 6.45) is -4.31. The second kappa shape index (κ2) is 7.10. The molecular weight excluding hydrogens is 263 g/mol. The van der Waals surface area contributed by atoms with Crippen LogP contribution in [-0.4, -0.2) is 37.0 Å². The van der Waals surface area contributed by atoms with Crippen LogP contribution in [0, 0.1) is 0 Å². The molecule has 0 atom stereocenters. The zero-order valence-corrected chi connectivity index (χ0v) is 10.0. The highest BCUT2D eigenvalue weighted by atomic mass is 19.4. The first kappa shape index (κ1) is 15.5. The third-order valence-corrected chi connectivity index (χ3v) is 2.19. The van der Waals surface area contributed by atoms with Crippen molar-refractivity contribution in [3.63, 3.8) is 0 Å². The van der Waals surface area contributed by atoms with E-state index in [1.54, 1.807) is 12.1 Å². The molecule has 0 unspecified atom stereocenters. The first-order chi connectivity index (χ1) is 8.88. The Morgan fingerprint density at radius 2 is 2.11 bits per heavy atom. The van der Waals surface area contributed by atoms with Gasteiger partial charge in [0.2, 0.25) is 0 Å². The van der Waals surface area contributed by atoms with E-state index in [4.69, 9.17) is 5.11 Å². The molecule has 0 radical (unpaired) electrons. The molecule has 1 aromatic carbocycles. The molecule has 2 N–H and O–H groups in total. The van der Waals surface area contributed by atoms with Crippen molar-refractivity contribution in [2.75, 3.05) is 19.8 Å². The average Bonchev–Trinajstić information content (AvgIpc) is 2.32. The van der Waals surface area contributed by atoms with Gasteiger partial charge in [-0.2, -0.15) is 13.2 Å². The van der Waals surface area contributed by atoms with E-state index in [-0.39, 0.29) is 18.7 Å². The van der Waals surface area contributed by atoms with Gasteiger partial charge in [0.25, 0.3) is 0 Å². The van der Waals surface area contributed by atoms with Crippen LogP contribution >= 0.6 is 0 Å². The first-order valence-corrected chi connectivity index (χ1v) is 5.56. The van der Waals surface area contributed by atoms with Gasteiger partial charge in [0.15, 0.2) is 0 Å². The Morgan fingerprint density at radius 1 is 1.37 bits per heavy atom. The van der Waals surface area contributed by atoms with Crippen molar-refractivity contribution >= 4 is 5.97 Å². The van der Waals surface area contributed by atoms with Gasteiger partial charge in [0.05, 0.1) is 12.2 Å². The van der Waals surface area contributed by atoms with Crippen molar-refractivity contribution in [3.05, 3.63) is 35.4 Å². The van der Waals surface area contributed by atoms with E-state index in [2.05, 4.69) is 10.1 Å². The summed E-state index contributed by atoms with van der Waals surface area (Å²) in [4.78, 5) is 10.7. The molecule has 1 rings (SSSR count). The zero-order valence-electron chi connectivity index (χ0n) is 10.0. The molecule has 0 heterocycles. The Kier molecular flexibility index (Phi) is 5.78. The van der Waals surface area contributed by atoms with Crippen molar-refractivity contribution in [1.29, 1.82) is 0 Å². The fourth-order valence-corrected chi connectivity index (χ4v) is 1.38. The number of aromatic carboxylic acids is 1. The molecule has 1 aromatic rings. The maximum absolute atomic E-state index is 11.7. The first-order valence-electron chi connectivity index (χ1n) is 5.56. The van der Waals surface area contributed by atoms with Gasteiger partial charge in [-0.1, -0.05) is 12.1 Å². The van der Waals surface area contributed by atoms with Gasteiger partial charge in [0, 0.05) is 13.1 Å². The summed E-state index contributed by atoms with van der Waals surface area (Å²) < 4.78 is 39.7. The van der Waals surface area contributed by atoms with Crippen LogP contribution in [0.25, 0.3) is 0 Å². The average molecular weight is 277 g/mol. The highest BCUT2D eigenvalue weighted by Crippen LogP contribution is 2.13. The Balaban J connectivity index is 2.23. The SMILES string of the molecule is O=C(O)c1cccc(CNCCOCC(F)(F)F)c1.